The van der Waals surface area contributed by atoms with E-state index >= 15 is 0 Å². The van der Waals surface area contributed by atoms with Crippen LogP contribution in [-0.4, -0.2) is 64.2 Å². The number of benzene rings is 2. The predicted molar refractivity (Wildman–Crippen MR) is 160 cm³/mol. The minimum atomic E-state index is -1.25. The zero-order valence-corrected chi connectivity index (χ0v) is 25.5. The second kappa shape index (κ2) is 11.5. The summed E-state index contributed by atoms with van der Waals surface area (Å²) in [5.41, 5.74) is -1.24. The molecule has 3 saturated heterocycles. The Hall–Kier alpha value is -3.14. The van der Waals surface area contributed by atoms with Crippen LogP contribution in [0.2, 0.25) is 5.02 Å². The lowest BCUT2D eigenvalue weighted by atomic mass is 9.62. The van der Waals surface area contributed by atoms with Crippen molar-refractivity contribution in [3.8, 4) is 5.75 Å². The van der Waals surface area contributed by atoms with Crippen molar-refractivity contribution in [1.29, 1.82) is 0 Å². The van der Waals surface area contributed by atoms with Gasteiger partial charge in [0.25, 0.3) is 0 Å². The fourth-order valence-electron chi connectivity index (χ4n) is 7.33. The molecule has 3 aliphatic heterocycles. The van der Waals surface area contributed by atoms with E-state index in [9.17, 15) is 19.5 Å². The second-order valence-electron chi connectivity index (χ2n) is 12.0. The zero-order chi connectivity index (χ0) is 30.4. The highest BCUT2D eigenvalue weighted by Crippen LogP contribution is 2.65. The molecule has 5 rings (SSSR count). The first kappa shape index (κ1) is 30.3. The number of nitrogens with zero attached hydrogens (tertiary/aromatic N) is 1. The quantitative estimate of drug-likeness (QED) is 0.364. The molecular formula is C32H40ClN3O6. The maximum atomic E-state index is 14.5. The first-order chi connectivity index (χ1) is 20.0. The van der Waals surface area contributed by atoms with E-state index in [2.05, 4.69) is 10.6 Å². The number of ether oxygens (including phenoxy) is 2. The van der Waals surface area contributed by atoms with Gasteiger partial charge in [0, 0.05) is 5.69 Å². The number of nitrogens with one attached hydrogen (secondary N) is 2. The summed E-state index contributed by atoms with van der Waals surface area (Å²) in [7, 11) is 0. The maximum Gasteiger partial charge on any atom is 0.250 e. The van der Waals surface area contributed by atoms with Crippen molar-refractivity contribution in [2.45, 2.75) is 70.7 Å². The van der Waals surface area contributed by atoms with Crippen molar-refractivity contribution in [3.63, 3.8) is 0 Å². The number of hydrogen-bond acceptors (Lipinski definition) is 6. The maximum absolute atomic E-state index is 14.5. The molecule has 2 aromatic rings. The highest BCUT2D eigenvalue weighted by Gasteiger charge is 2.80. The number of hydrogen-bond donors (Lipinski definition) is 3. The second-order valence-corrected chi connectivity index (χ2v) is 12.4. The molecule has 3 unspecified atom stereocenters. The molecule has 2 bridgehead atoms. The number of anilines is 2. The number of rotatable bonds is 10. The highest BCUT2D eigenvalue weighted by molar-refractivity contribution is 6.33. The van der Waals surface area contributed by atoms with E-state index in [4.69, 9.17) is 21.1 Å². The molecule has 3 heterocycles. The van der Waals surface area contributed by atoms with Crippen LogP contribution in [-0.2, 0) is 19.1 Å². The third-order valence-corrected chi connectivity index (χ3v) is 10.0. The summed E-state index contributed by atoms with van der Waals surface area (Å²) in [6.07, 6.45) is 1.10. The summed E-state index contributed by atoms with van der Waals surface area (Å²) >= 11 is 6.38. The van der Waals surface area contributed by atoms with Crippen LogP contribution in [0.15, 0.2) is 48.5 Å². The molecule has 9 nitrogen and oxygen atoms in total. The first-order valence-electron chi connectivity index (χ1n) is 14.7. The number of para-hydroxylation sites is 1. The van der Waals surface area contributed by atoms with Crippen LogP contribution in [0.3, 0.4) is 0 Å². The number of aliphatic hydroxyl groups is 1. The third-order valence-electron chi connectivity index (χ3n) is 9.69. The minimum Gasteiger partial charge on any atom is -0.494 e. The highest BCUT2D eigenvalue weighted by atomic mass is 35.5. The van der Waals surface area contributed by atoms with Gasteiger partial charge in [0.05, 0.1) is 47.4 Å². The van der Waals surface area contributed by atoms with Gasteiger partial charge in [-0.25, -0.2) is 0 Å². The Labute approximate surface area is 251 Å². The normalized spacial score (nSPS) is 31.0. The molecule has 8 atom stereocenters. The van der Waals surface area contributed by atoms with E-state index in [0.717, 1.165) is 0 Å². The van der Waals surface area contributed by atoms with E-state index in [1.54, 1.807) is 48.5 Å². The van der Waals surface area contributed by atoms with Crippen LogP contribution >= 0.6 is 11.6 Å². The number of amides is 3. The minimum absolute atomic E-state index is 0.105. The molecule has 0 radical (unpaired) electrons. The van der Waals surface area contributed by atoms with Gasteiger partial charge in [0.15, 0.2) is 0 Å². The molecule has 3 N–H and O–H groups in total. The molecule has 1 spiro atoms. The van der Waals surface area contributed by atoms with Crippen molar-refractivity contribution < 1.29 is 29.0 Å². The molecule has 0 aromatic heterocycles. The van der Waals surface area contributed by atoms with Gasteiger partial charge in [-0.05, 0) is 68.5 Å². The van der Waals surface area contributed by atoms with Crippen molar-refractivity contribution in [2.75, 3.05) is 23.8 Å². The molecule has 2 aromatic carbocycles. The summed E-state index contributed by atoms with van der Waals surface area (Å²) in [5, 5.41) is 16.8. The van der Waals surface area contributed by atoms with Crippen molar-refractivity contribution >= 4 is 40.7 Å². The molecular weight excluding hydrogens is 558 g/mol. The van der Waals surface area contributed by atoms with Gasteiger partial charge >= 0.3 is 0 Å². The lowest BCUT2D eigenvalue weighted by molar-refractivity contribution is -0.149. The van der Waals surface area contributed by atoms with Crippen molar-refractivity contribution in [1.82, 2.24) is 4.90 Å². The zero-order valence-electron chi connectivity index (χ0n) is 24.7. The SMILES string of the molecule is CCOc1ccc(NC(=O)[C@H]2[C@H]3C(=O)N([C@@H](CO)[C@@H](C)CC)C(C(=O)Nc4ccccc4Cl)C34CC(C)[C@]2(C)O4)cc1. The molecule has 3 aliphatic rings. The van der Waals surface area contributed by atoms with E-state index in [-0.39, 0.29) is 30.3 Å². The number of halogens is 1. The smallest absolute Gasteiger partial charge is 0.250 e. The van der Waals surface area contributed by atoms with Crippen LogP contribution in [0.25, 0.3) is 0 Å². The average Bonchev–Trinajstić information content (AvgIpc) is 3.48. The van der Waals surface area contributed by atoms with Gasteiger partial charge in [-0.3, -0.25) is 14.4 Å². The number of carbonyl (C=O) groups excluding carboxylic acids is 3. The number of aliphatic hydroxyl groups excluding tert-OH is 1. The number of likely N-dealkylation sites (tertiary alicyclic amines) is 1. The van der Waals surface area contributed by atoms with Crippen LogP contribution in [0.4, 0.5) is 11.4 Å². The third kappa shape index (κ3) is 4.75. The summed E-state index contributed by atoms with van der Waals surface area (Å²) in [5.74, 6) is -2.44. The topological polar surface area (TPSA) is 117 Å². The monoisotopic (exact) mass is 597 g/mol. The summed E-state index contributed by atoms with van der Waals surface area (Å²) in [6, 6.07) is 12.3. The van der Waals surface area contributed by atoms with Crippen LogP contribution in [0, 0.1) is 23.7 Å². The summed E-state index contributed by atoms with van der Waals surface area (Å²) < 4.78 is 12.3. The van der Waals surface area contributed by atoms with Gasteiger partial charge < -0.3 is 30.1 Å². The Morgan fingerprint density at radius 1 is 1.14 bits per heavy atom. The molecule has 3 amide bonds. The Kier molecular flexibility index (Phi) is 8.31. The summed E-state index contributed by atoms with van der Waals surface area (Å²) in [4.78, 5) is 44.2. The molecule has 0 aliphatic carbocycles. The van der Waals surface area contributed by atoms with Gasteiger partial charge in [0.2, 0.25) is 17.7 Å². The average molecular weight is 598 g/mol. The van der Waals surface area contributed by atoms with E-state index in [0.29, 0.717) is 41.6 Å². The fourth-order valence-corrected chi connectivity index (χ4v) is 7.52. The number of carbonyl (C=O) groups is 3. The predicted octanol–water partition coefficient (Wildman–Crippen LogP) is 4.73. The molecule has 42 heavy (non-hydrogen) atoms. The van der Waals surface area contributed by atoms with E-state index in [1.165, 1.54) is 4.90 Å². The molecule has 3 fully saturated rings. The molecule has 226 valence electrons. The summed E-state index contributed by atoms with van der Waals surface area (Å²) in [6.45, 7) is 9.89. The van der Waals surface area contributed by atoms with Crippen LogP contribution < -0.4 is 15.4 Å². The molecule has 0 saturated carbocycles. The lowest BCUT2D eigenvalue weighted by Gasteiger charge is -2.39. The van der Waals surface area contributed by atoms with E-state index < -0.39 is 41.0 Å². The standard InChI is InChI=1S/C32H40ClN3O6/c1-6-18(3)24(17-37)36-27(29(39)35-23-11-9-8-10-22(23)33)32-16-19(4)31(5,42-32)25(26(32)30(36)40)28(38)34-20-12-14-21(15-13-20)41-7-2/h8-15,18-19,24-27,37H,6-7,16-17H2,1-5H3,(H,34,38)(H,35,39)/t18-,19?,24-,25+,26-,27?,31-,32?/m0/s1. The Bertz CT molecular complexity index is 1350. The fraction of sp³-hybridized carbons (Fsp3) is 0.531. The van der Waals surface area contributed by atoms with Crippen LogP contribution in [0.5, 0.6) is 5.75 Å². The number of fused-ring (bicyclic) bond motifs is 1. The van der Waals surface area contributed by atoms with Gasteiger partial charge in [-0.15, -0.1) is 0 Å². The largest absolute Gasteiger partial charge is 0.494 e. The van der Waals surface area contributed by atoms with Gasteiger partial charge in [-0.2, -0.15) is 0 Å². The first-order valence-corrected chi connectivity index (χ1v) is 15.1. The van der Waals surface area contributed by atoms with Crippen LogP contribution in [0.1, 0.15) is 47.5 Å². The Morgan fingerprint density at radius 2 is 1.83 bits per heavy atom. The Balaban J connectivity index is 1.55. The van der Waals surface area contributed by atoms with E-state index in [1.807, 2.05) is 34.6 Å². The van der Waals surface area contributed by atoms with Crippen molar-refractivity contribution in [3.05, 3.63) is 53.6 Å². The van der Waals surface area contributed by atoms with Crippen molar-refractivity contribution in [2.24, 2.45) is 23.7 Å². The van der Waals surface area contributed by atoms with Gasteiger partial charge in [0.1, 0.15) is 17.4 Å². The Morgan fingerprint density at radius 3 is 2.45 bits per heavy atom. The lowest BCUT2D eigenvalue weighted by Crippen LogP contribution is -2.57. The molecule has 10 heteroatoms. The van der Waals surface area contributed by atoms with Gasteiger partial charge in [-0.1, -0.05) is 50.9 Å².